The van der Waals surface area contributed by atoms with Crippen molar-refractivity contribution in [2.24, 2.45) is 0 Å². The van der Waals surface area contributed by atoms with E-state index < -0.39 is 6.04 Å². The van der Waals surface area contributed by atoms with Gasteiger partial charge in [0.2, 0.25) is 11.8 Å². The lowest BCUT2D eigenvalue weighted by Crippen LogP contribution is -2.50. The van der Waals surface area contributed by atoms with Gasteiger partial charge in [0.25, 0.3) is 0 Å². The molecule has 7 heteroatoms. The van der Waals surface area contributed by atoms with Crippen LogP contribution in [0.5, 0.6) is 0 Å². The lowest BCUT2D eigenvalue weighted by molar-refractivity contribution is -0.138. The monoisotopic (exact) mass is 466 g/mol. The molecule has 2 aromatic carbocycles. The van der Waals surface area contributed by atoms with Crippen LogP contribution in [0.4, 0.5) is 0 Å². The van der Waals surface area contributed by atoms with Crippen molar-refractivity contribution in [2.75, 3.05) is 5.75 Å². The quantitative estimate of drug-likeness (QED) is 0.498. The summed E-state index contributed by atoms with van der Waals surface area (Å²) in [5, 5.41) is 3.85. The fourth-order valence-corrected chi connectivity index (χ4v) is 3.99. The Morgan fingerprint density at radius 1 is 1.03 bits per heavy atom. The van der Waals surface area contributed by atoms with E-state index in [1.807, 2.05) is 50.2 Å². The molecule has 0 fully saturated rings. The van der Waals surface area contributed by atoms with E-state index in [1.165, 1.54) is 11.8 Å². The average molecular weight is 467 g/mol. The molecule has 0 saturated carbocycles. The molecule has 0 saturated heterocycles. The molecular formula is C23H28Cl2N2O2S. The zero-order valence-electron chi connectivity index (χ0n) is 17.5. The maximum Gasteiger partial charge on any atom is 0.242 e. The van der Waals surface area contributed by atoms with E-state index in [9.17, 15) is 9.59 Å². The standard InChI is InChI=1S/C23H28Cl2N2O2S/c1-4-16(2)26-23(29)17(3)27(13-19-10-11-20(24)21(25)12-19)22(28)15-30-14-18-8-6-5-7-9-18/h5-12,16-17H,4,13-15H2,1-3H3,(H,26,29)/t16-,17+/m1/s1. The lowest BCUT2D eigenvalue weighted by atomic mass is 10.1. The van der Waals surface area contributed by atoms with Crippen LogP contribution in [0.25, 0.3) is 0 Å². The minimum atomic E-state index is -0.599. The molecule has 0 bridgehead atoms. The Morgan fingerprint density at radius 2 is 1.73 bits per heavy atom. The lowest BCUT2D eigenvalue weighted by Gasteiger charge is -2.29. The van der Waals surface area contributed by atoms with Gasteiger partial charge in [-0.15, -0.1) is 11.8 Å². The Balaban J connectivity index is 2.10. The van der Waals surface area contributed by atoms with Gasteiger partial charge in [-0.2, -0.15) is 0 Å². The van der Waals surface area contributed by atoms with Gasteiger partial charge >= 0.3 is 0 Å². The Morgan fingerprint density at radius 3 is 2.37 bits per heavy atom. The fourth-order valence-electron chi connectivity index (χ4n) is 2.80. The van der Waals surface area contributed by atoms with Crippen LogP contribution in [0.1, 0.15) is 38.3 Å². The highest BCUT2D eigenvalue weighted by Crippen LogP contribution is 2.24. The van der Waals surface area contributed by atoms with Crippen LogP contribution in [-0.2, 0) is 21.9 Å². The molecular weight excluding hydrogens is 439 g/mol. The van der Waals surface area contributed by atoms with E-state index in [4.69, 9.17) is 23.2 Å². The van der Waals surface area contributed by atoms with E-state index in [1.54, 1.807) is 24.0 Å². The van der Waals surface area contributed by atoms with Crippen LogP contribution in [0.2, 0.25) is 10.0 Å². The minimum absolute atomic E-state index is 0.0503. The van der Waals surface area contributed by atoms with E-state index in [0.717, 1.165) is 23.3 Å². The summed E-state index contributed by atoms with van der Waals surface area (Å²) in [4.78, 5) is 27.4. The minimum Gasteiger partial charge on any atom is -0.352 e. The average Bonchev–Trinajstić information content (AvgIpc) is 2.74. The molecule has 30 heavy (non-hydrogen) atoms. The number of nitrogens with one attached hydrogen (secondary N) is 1. The van der Waals surface area contributed by atoms with Gasteiger partial charge < -0.3 is 10.2 Å². The third kappa shape index (κ3) is 7.53. The second-order valence-corrected chi connectivity index (χ2v) is 9.04. The molecule has 2 atom stereocenters. The van der Waals surface area contributed by atoms with Crippen molar-refractivity contribution in [3.63, 3.8) is 0 Å². The number of nitrogens with zero attached hydrogens (tertiary/aromatic N) is 1. The van der Waals surface area contributed by atoms with Crippen LogP contribution >= 0.6 is 35.0 Å². The van der Waals surface area contributed by atoms with Crippen molar-refractivity contribution >= 4 is 46.8 Å². The van der Waals surface area contributed by atoms with Crippen molar-refractivity contribution in [3.8, 4) is 0 Å². The summed E-state index contributed by atoms with van der Waals surface area (Å²) >= 11 is 13.7. The first kappa shape index (κ1) is 24.6. The maximum atomic E-state index is 13.1. The highest BCUT2D eigenvalue weighted by Gasteiger charge is 2.26. The Hall–Kier alpha value is -1.69. The van der Waals surface area contributed by atoms with Crippen LogP contribution in [0.15, 0.2) is 48.5 Å². The molecule has 2 amide bonds. The smallest absolute Gasteiger partial charge is 0.242 e. The predicted molar refractivity (Wildman–Crippen MR) is 127 cm³/mol. The van der Waals surface area contributed by atoms with Crippen LogP contribution in [0.3, 0.4) is 0 Å². The van der Waals surface area contributed by atoms with Crippen LogP contribution < -0.4 is 5.32 Å². The summed E-state index contributed by atoms with van der Waals surface area (Å²) in [5.74, 6) is 0.775. The third-order valence-corrected chi connectivity index (χ3v) is 6.57. The summed E-state index contributed by atoms with van der Waals surface area (Å²) in [6.45, 7) is 6.01. The van der Waals surface area contributed by atoms with Gasteiger partial charge in [-0.1, -0.05) is 66.5 Å². The third-order valence-electron chi connectivity index (χ3n) is 4.84. The number of amides is 2. The predicted octanol–water partition coefficient (Wildman–Crippen LogP) is 5.56. The molecule has 2 aromatic rings. The molecule has 1 N–H and O–H groups in total. The van der Waals surface area contributed by atoms with Gasteiger partial charge in [-0.3, -0.25) is 9.59 Å². The molecule has 2 rings (SSSR count). The number of hydrogen-bond acceptors (Lipinski definition) is 3. The van der Waals surface area contributed by atoms with Gasteiger partial charge in [0.05, 0.1) is 15.8 Å². The summed E-state index contributed by atoms with van der Waals surface area (Å²) in [5.41, 5.74) is 1.99. The molecule has 0 heterocycles. The molecule has 0 aliphatic heterocycles. The summed E-state index contributed by atoms with van der Waals surface area (Å²) < 4.78 is 0. The van der Waals surface area contributed by atoms with Gasteiger partial charge in [-0.05, 0) is 43.5 Å². The van der Waals surface area contributed by atoms with Crippen LogP contribution in [0, 0.1) is 0 Å². The molecule has 0 unspecified atom stereocenters. The molecule has 0 aromatic heterocycles. The second-order valence-electron chi connectivity index (χ2n) is 7.24. The number of thioether (sulfide) groups is 1. The number of benzene rings is 2. The van der Waals surface area contributed by atoms with Gasteiger partial charge in [0, 0.05) is 18.3 Å². The molecule has 0 radical (unpaired) electrons. The van der Waals surface area contributed by atoms with Crippen molar-refractivity contribution in [2.45, 2.75) is 51.6 Å². The number of carbonyl (C=O) groups is 2. The van der Waals surface area contributed by atoms with Crippen molar-refractivity contribution in [3.05, 3.63) is 69.7 Å². The summed E-state index contributed by atoms with van der Waals surface area (Å²) in [6.07, 6.45) is 0.826. The number of rotatable bonds is 10. The largest absolute Gasteiger partial charge is 0.352 e. The van der Waals surface area contributed by atoms with Gasteiger partial charge in [0.1, 0.15) is 6.04 Å². The number of hydrogen-bond donors (Lipinski definition) is 1. The van der Waals surface area contributed by atoms with E-state index >= 15 is 0 Å². The van der Waals surface area contributed by atoms with E-state index in [-0.39, 0.29) is 30.2 Å². The maximum absolute atomic E-state index is 13.1. The highest BCUT2D eigenvalue weighted by molar-refractivity contribution is 7.99. The molecule has 162 valence electrons. The van der Waals surface area contributed by atoms with Crippen molar-refractivity contribution in [1.29, 1.82) is 0 Å². The second kappa shape index (κ2) is 12.2. The van der Waals surface area contributed by atoms with E-state index in [2.05, 4.69) is 5.32 Å². The first-order valence-electron chi connectivity index (χ1n) is 9.97. The Labute approximate surface area is 193 Å². The molecule has 0 aliphatic rings. The van der Waals surface area contributed by atoms with Crippen LogP contribution in [-0.4, -0.2) is 34.6 Å². The van der Waals surface area contributed by atoms with Gasteiger partial charge in [-0.25, -0.2) is 0 Å². The topological polar surface area (TPSA) is 49.4 Å². The van der Waals surface area contributed by atoms with Crippen molar-refractivity contribution < 1.29 is 9.59 Å². The zero-order valence-corrected chi connectivity index (χ0v) is 19.9. The normalized spacial score (nSPS) is 12.8. The Bertz CT molecular complexity index is 848. The SMILES string of the molecule is CC[C@@H](C)NC(=O)[C@H](C)N(Cc1ccc(Cl)c(Cl)c1)C(=O)CSCc1ccccc1. The number of halogens is 2. The fraction of sp³-hybridized carbons (Fsp3) is 0.391. The van der Waals surface area contributed by atoms with Gasteiger partial charge in [0.15, 0.2) is 0 Å². The zero-order chi connectivity index (χ0) is 22.1. The first-order chi connectivity index (χ1) is 14.3. The number of carbonyl (C=O) groups excluding carboxylic acids is 2. The molecule has 0 spiro atoms. The summed E-state index contributed by atoms with van der Waals surface area (Å²) in [7, 11) is 0. The highest BCUT2D eigenvalue weighted by atomic mass is 35.5. The first-order valence-corrected chi connectivity index (χ1v) is 11.9. The van der Waals surface area contributed by atoms with E-state index in [0.29, 0.717) is 10.0 Å². The summed E-state index contributed by atoms with van der Waals surface area (Å²) in [6, 6.07) is 14.7. The van der Waals surface area contributed by atoms with Crippen molar-refractivity contribution in [1.82, 2.24) is 10.2 Å². The molecule has 0 aliphatic carbocycles. The Kier molecular flexibility index (Phi) is 10.0. The molecule has 4 nitrogen and oxygen atoms in total.